The second kappa shape index (κ2) is 11.1. The van der Waals surface area contributed by atoms with Crippen LogP contribution in [0.5, 0.6) is 5.75 Å². The van der Waals surface area contributed by atoms with E-state index in [0.29, 0.717) is 19.3 Å². The van der Waals surface area contributed by atoms with Crippen molar-refractivity contribution in [2.45, 2.75) is 64.1 Å². The standard InChI is InChI=1S/C24H32O6/c1-15-13-17(9-11-20(15)25)16(2)21(26)12-10-19-18(22(27)14-23(19)28)7-5-3-4-6-8-24(29)30/h3,5,9-13,16,18-19,21,23,25-26,28H,4,6-8,14H2,1-2H3,(H,29,30)/t16?,18-,19-,21+,23-/m1/s1. The van der Waals surface area contributed by atoms with Gasteiger partial charge in [0, 0.05) is 30.6 Å². The quantitative estimate of drug-likeness (QED) is 0.343. The maximum atomic E-state index is 12.3. The van der Waals surface area contributed by atoms with Gasteiger partial charge in [-0.05, 0) is 43.4 Å². The number of hydrogen-bond donors (Lipinski definition) is 4. The Morgan fingerprint density at radius 3 is 2.70 bits per heavy atom. The van der Waals surface area contributed by atoms with Crippen molar-refractivity contribution < 1.29 is 30.0 Å². The number of allylic oxidation sites excluding steroid dienone is 2. The predicted octanol–water partition coefficient (Wildman–Crippen LogP) is 3.49. The summed E-state index contributed by atoms with van der Waals surface area (Å²) >= 11 is 0. The number of aryl methyl sites for hydroxylation is 1. The second-order valence-electron chi connectivity index (χ2n) is 8.12. The lowest BCUT2D eigenvalue weighted by molar-refractivity contribution is -0.137. The van der Waals surface area contributed by atoms with Gasteiger partial charge in [0.05, 0.1) is 12.2 Å². The van der Waals surface area contributed by atoms with Crippen molar-refractivity contribution in [3.8, 4) is 5.75 Å². The van der Waals surface area contributed by atoms with Gasteiger partial charge in [0.1, 0.15) is 11.5 Å². The summed E-state index contributed by atoms with van der Waals surface area (Å²) < 4.78 is 0. The number of aliphatic carboxylic acids is 1. The zero-order valence-corrected chi connectivity index (χ0v) is 17.6. The third-order valence-electron chi connectivity index (χ3n) is 5.84. The number of aliphatic hydroxyl groups excluding tert-OH is 2. The molecule has 1 fully saturated rings. The average Bonchev–Trinajstić information content (AvgIpc) is 2.96. The first-order valence-electron chi connectivity index (χ1n) is 10.4. The molecule has 0 radical (unpaired) electrons. The van der Waals surface area contributed by atoms with Crippen molar-refractivity contribution in [3.63, 3.8) is 0 Å². The summed E-state index contributed by atoms with van der Waals surface area (Å²) in [6.07, 6.45) is 7.49. The van der Waals surface area contributed by atoms with Gasteiger partial charge in [0.15, 0.2) is 0 Å². The molecule has 4 N–H and O–H groups in total. The topological polar surface area (TPSA) is 115 Å². The number of carboxylic acid groups (broad SMARTS) is 1. The summed E-state index contributed by atoms with van der Waals surface area (Å²) in [4.78, 5) is 22.8. The second-order valence-corrected chi connectivity index (χ2v) is 8.12. The van der Waals surface area contributed by atoms with Crippen molar-refractivity contribution in [1.29, 1.82) is 0 Å². The van der Waals surface area contributed by atoms with Crippen LogP contribution in [0.3, 0.4) is 0 Å². The van der Waals surface area contributed by atoms with Crippen LogP contribution in [-0.2, 0) is 9.59 Å². The summed E-state index contributed by atoms with van der Waals surface area (Å²) in [6, 6.07) is 5.22. The maximum absolute atomic E-state index is 12.3. The number of rotatable bonds is 10. The van der Waals surface area contributed by atoms with Crippen molar-refractivity contribution >= 4 is 11.8 Å². The highest BCUT2D eigenvalue weighted by atomic mass is 16.4. The summed E-state index contributed by atoms with van der Waals surface area (Å²) in [7, 11) is 0. The predicted molar refractivity (Wildman–Crippen MR) is 114 cm³/mol. The van der Waals surface area contributed by atoms with Crippen LogP contribution >= 0.6 is 0 Å². The molecule has 0 bridgehead atoms. The van der Waals surface area contributed by atoms with Gasteiger partial charge in [-0.25, -0.2) is 0 Å². The van der Waals surface area contributed by atoms with Crippen LogP contribution in [0.1, 0.15) is 56.1 Å². The van der Waals surface area contributed by atoms with E-state index < -0.39 is 18.2 Å². The summed E-state index contributed by atoms with van der Waals surface area (Å²) in [5.41, 5.74) is 1.63. The number of phenols is 1. The molecule has 1 aliphatic rings. The fourth-order valence-corrected chi connectivity index (χ4v) is 3.83. The van der Waals surface area contributed by atoms with Gasteiger partial charge in [-0.3, -0.25) is 9.59 Å². The summed E-state index contributed by atoms with van der Waals surface area (Å²) in [5, 5.41) is 39.2. The molecule has 1 aromatic carbocycles. The van der Waals surface area contributed by atoms with Crippen LogP contribution in [0.25, 0.3) is 0 Å². The lowest BCUT2D eigenvalue weighted by Crippen LogP contribution is -2.20. The van der Waals surface area contributed by atoms with Crippen LogP contribution in [0.2, 0.25) is 0 Å². The Labute approximate surface area is 177 Å². The Morgan fingerprint density at radius 1 is 1.30 bits per heavy atom. The van der Waals surface area contributed by atoms with Crippen LogP contribution in [-0.4, -0.2) is 44.4 Å². The molecule has 30 heavy (non-hydrogen) atoms. The highest BCUT2D eigenvalue weighted by Gasteiger charge is 2.39. The van der Waals surface area contributed by atoms with Crippen molar-refractivity contribution in [1.82, 2.24) is 0 Å². The molecule has 6 heteroatoms. The molecule has 0 spiro atoms. The van der Waals surface area contributed by atoms with Crippen LogP contribution in [0.4, 0.5) is 0 Å². The lowest BCUT2D eigenvalue weighted by Gasteiger charge is -2.20. The molecule has 6 nitrogen and oxygen atoms in total. The van der Waals surface area contributed by atoms with E-state index in [0.717, 1.165) is 11.1 Å². The Hall–Kier alpha value is -2.44. The van der Waals surface area contributed by atoms with Gasteiger partial charge in [-0.1, -0.05) is 43.4 Å². The van der Waals surface area contributed by atoms with Gasteiger partial charge < -0.3 is 20.4 Å². The van der Waals surface area contributed by atoms with E-state index in [1.807, 2.05) is 25.1 Å². The minimum Gasteiger partial charge on any atom is -0.508 e. The Morgan fingerprint density at radius 2 is 2.03 bits per heavy atom. The molecule has 1 unspecified atom stereocenters. The SMILES string of the molecule is Cc1cc(C(C)[C@@H](O)C=C[C@H]2[C@H](O)CC(=O)[C@@H]2CC=CCCCC(=O)O)ccc1O. The molecule has 0 amide bonds. The maximum Gasteiger partial charge on any atom is 0.303 e. The Kier molecular flexibility index (Phi) is 8.81. The lowest BCUT2D eigenvalue weighted by atomic mass is 9.88. The van der Waals surface area contributed by atoms with E-state index in [1.165, 1.54) is 0 Å². The van der Waals surface area contributed by atoms with Gasteiger partial charge in [-0.2, -0.15) is 0 Å². The van der Waals surface area contributed by atoms with Gasteiger partial charge in [0.2, 0.25) is 0 Å². The van der Waals surface area contributed by atoms with Crippen molar-refractivity contribution in [2.75, 3.05) is 0 Å². The van der Waals surface area contributed by atoms with Gasteiger partial charge in [0.25, 0.3) is 0 Å². The number of carbonyl (C=O) groups excluding carboxylic acids is 1. The molecule has 2 rings (SSSR count). The molecule has 0 saturated heterocycles. The average molecular weight is 417 g/mol. The minimum atomic E-state index is -0.821. The van der Waals surface area contributed by atoms with Crippen LogP contribution < -0.4 is 0 Å². The number of benzene rings is 1. The van der Waals surface area contributed by atoms with E-state index in [-0.39, 0.29) is 42.1 Å². The number of ketones is 1. The summed E-state index contributed by atoms with van der Waals surface area (Å²) in [6.45, 7) is 3.68. The number of carbonyl (C=O) groups is 2. The van der Waals surface area contributed by atoms with E-state index in [2.05, 4.69) is 0 Å². The summed E-state index contributed by atoms with van der Waals surface area (Å²) in [5.74, 6) is -1.51. The fourth-order valence-electron chi connectivity index (χ4n) is 3.83. The fraction of sp³-hybridized carbons (Fsp3) is 0.500. The first-order chi connectivity index (χ1) is 14.2. The number of hydrogen-bond acceptors (Lipinski definition) is 5. The molecule has 1 aromatic rings. The van der Waals surface area contributed by atoms with Gasteiger partial charge in [-0.15, -0.1) is 0 Å². The molecule has 164 valence electrons. The van der Waals surface area contributed by atoms with Crippen LogP contribution in [0.15, 0.2) is 42.5 Å². The minimum absolute atomic E-state index is 0.00373. The smallest absolute Gasteiger partial charge is 0.303 e. The number of phenolic OH excluding ortho intramolecular Hbond substituents is 1. The van der Waals surface area contributed by atoms with Crippen LogP contribution in [0, 0.1) is 18.8 Å². The largest absolute Gasteiger partial charge is 0.508 e. The third-order valence-corrected chi connectivity index (χ3v) is 5.84. The Balaban J connectivity index is 1.98. The molecular weight excluding hydrogens is 384 g/mol. The molecule has 0 aromatic heterocycles. The zero-order chi connectivity index (χ0) is 22.3. The number of aromatic hydroxyl groups is 1. The molecule has 0 heterocycles. The molecular formula is C24H32O6. The monoisotopic (exact) mass is 416 g/mol. The molecule has 1 aliphatic carbocycles. The first kappa shape index (κ1) is 23.8. The van der Waals surface area contributed by atoms with Crippen molar-refractivity contribution in [3.05, 3.63) is 53.6 Å². The van der Waals surface area contributed by atoms with E-state index in [1.54, 1.807) is 31.2 Å². The third kappa shape index (κ3) is 6.54. The highest BCUT2D eigenvalue weighted by molar-refractivity contribution is 5.84. The van der Waals surface area contributed by atoms with Gasteiger partial charge >= 0.3 is 5.97 Å². The number of unbranched alkanes of at least 4 members (excludes halogenated alkanes) is 1. The highest BCUT2D eigenvalue weighted by Crippen LogP contribution is 2.34. The number of aliphatic hydroxyl groups is 2. The molecule has 1 saturated carbocycles. The normalized spacial score (nSPS) is 24.0. The first-order valence-corrected chi connectivity index (χ1v) is 10.4. The molecule has 5 atom stereocenters. The number of Topliss-reactive ketones (excluding diaryl/α,β-unsaturated/α-hetero) is 1. The van der Waals surface area contributed by atoms with Crippen molar-refractivity contribution in [2.24, 2.45) is 11.8 Å². The van der Waals surface area contributed by atoms with E-state index >= 15 is 0 Å². The number of carboxylic acids is 1. The Bertz CT molecular complexity index is 797. The van der Waals surface area contributed by atoms with E-state index in [9.17, 15) is 24.9 Å². The zero-order valence-electron chi connectivity index (χ0n) is 17.6. The molecule has 0 aliphatic heterocycles. The van der Waals surface area contributed by atoms with E-state index in [4.69, 9.17) is 5.11 Å².